The van der Waals surface area contributed by atoms with Crippen molar-refractivity contribution < 1.29 is 9.53 Å². The van der Waals surface area contributed by atoms with E-state index in [1.54, 1.807) is 11.3 Å². The van der Waals surface area contributed by atoms with Gasteiger partial charge in [0.2, 0.25) is 0 Å². The lowest BCUT2D eigenvalue weighted by molar-refractivity contribution is -0.137. The lowest BCUT2D eigenvalue weighted by atomic mass is 10.4. The highest BCUT2D eigenvalue weighted by Gasteiger charge is 2.07. The molecule has 0 N–H and O–H groups in total. The second kappa shape index (κ2) is 4.59. The summed E-state index contributed by atoms with van der Waals surface area (Å²) in [6.45, 7) is 0. The van der Waals surface area contributed by atoms with Gasteiger partial charge in [-0.15, -0.1) is 11.3 Å². The Morgan fingerprint density at radius 2 is 2.47 bits per heavy atom. The van der Waals surface area contributed by atoms with Crippen LogP contribution in [0.2, 0.25) is 0 Å². The molecule has 0 aromatic carbocycles. The van der Waals surface area contributed by atoms with Crippen LogP contribution in [0.5, 0.6) is 0 Å². The molecular formula is C9H8N2O2S2. The fourth-order valence-electron chi connectivity index (χ4n) is 1.07. The van der Waals surface area contributed by atoms with Gasteiger partial charge in [-0.3, -0.25) is 4.79 Å². The number of methoxy groups -OCH3 is 1. The number of rotatable bonds is 3. The van der Waals surface area contributed by atoms with Crippen LogP contribution in [0.25, 0.3) is 10.2 Å². The summed E-state index contributed by atoms with van der Waals surface area (Å²) in [7, 11) is 1.38. The van der Waals surface area contributed by atoms with E-state index in [0.717, 1.165) is 15.2 Å². The SMILES string of the molecule is COC(=O)CSc1ncnc2sccc12. The summed E-state index contributed by atoms with van der Waals surface area (Å²) in [6, 6.07) is 1.96. The van der Waals surface area contributed by atoms with Gasteiger partial charge in [-0.05, 0) is 11.4 Å². The van der Waals surface area contributed by atoms with E-state index in [0.29, 0.717) is 0 Å². The highest BCUT2D eigenvalue weighted by Crippen LogP contribution is 2.27. The maximum atomic E-state index is 11.0. The molecule has 2 aromatic heterocycles. The second-order valence-corrected chi connectivity index (χ2v) is 4.54. The summed E-state index contributed by atoms with van der Waals surface area (Å²) in [5.74, 6) is 0.0281. The Balaban J connectivity index is 2.20. The molecule has 0 amide bonds. The Morgan fingerprint density at radius 3 is 3.27 bits per heavy atom. The second-order valence-electron chi connectivity index (χ2n) is 2.68. The first-order valence-corrected chi connectivity index (χ1v) is 6.05. The molecule has 0 unspecified atom stereocenters. The van der Waals surface area contributed by atoms with Crippen LogP contribution in [-0.4, -0.2) is 28.8 Å². The number of hydrogen-bond acceptors (Lipinski definition) is 6. The lowest BCUT2D eigenvalue weighted by Crippen LogP contribution is -2.03. The van der Waals surface area contributed by atoms with Crippen molar-refractivity contribution in [2.24, 2.45) is 0 Å². The van der Waals surface area contributed by atoms with Crippen molar-refractivity contribution in [1.29, 1.82) is 0 Å². The van der Waals surface area contributed by atoms with Crippen molar-refractivity contribution in [2.45, 2.75) is 5.03 Å². The molecule has 0 spiro atoms. The van der Waals surface area contributed by atoms with Crippen LogP contribution in [0.3, 0.4) is 0 Å². The molecule has 78 valence electrons. The van der Waals surface area contributed by atoms with Crippen LogP contribution in [0.1, 0.15) is 0 Å². The molecule has 0 fully saturated rings. The zero-order valence-corrected chi connectivity index (χ0v) is 9.60. The van der Waals surface area contributed by atoms with Crippen LogP contribution in [0.4, 0.5) is 0 Å². The minimum Gasteiger partial charge on any atom is -0.468 e. The highest BCUT2D eigenvalue weighted by molar-refractivity contribution is 8.00. The molecule has 2 aromatic rings. The van der Waals surface area contributed by atoms with Gasteiger partial charge in [0.15, 0.2) is 0 Å². The van der Waals surface area contributed by atoms with Crippen molar-refractivity contribution in [1.82, 2.24) is 9.97 Å². The Hall–Kier alpha value is -1.14. The zero-order valence-electron chi connectivity index (χ0n) is 7.97. The third-order valence-electron chi connectivity index (χ3n) is 1.78. The number of hydrogen-bond donors (Lipinski definition) is 0. The van der Waals surface area contributed by atoms with E-state index in [1.807, 2.05) is 11.4 Å². The summed E-state index contributed by atoms with van der Waals surface area (Å²) in [4.78, 5) is 20.2. The minimum absolute atomic E-state index is 0.248. The Labute approximate surface area is 94.7 Å². The largest absolute Gasteiger partial charge is 0.468 e. The normalized spacial score (nSPS) is 10.5. The summed E-state index contributed by atoms with van der Waals surface area (Å²) >= 11 is 2.93. The molecule has 6 heteroatoms. The Kier molecular flexibility index (Phi) is 3.17. The smallest absolute Gasteiger partial charge is 0.316 e. The zero-order chi connectivity index (χ0) is 10.7. The number of carbonyl (C=O) groups excluding carboxylic acids is 1. The van der Waals surface area contributed by atoms with E-state index < -0.39 is 0 Å². The first kappa shape index (κ1) is 10.4. The van der Waals surface area contributed by atoms with Crippen molar-refractivity contribution in [3.63, 3.8) is 0 Å². The number of aromatic nitrogens is 2. The van der Waals surface area contributed by atoms with Gasteiger partial charge in [-0.2, -0.15) is 0 Å². The molecule has 0 bridgehead atoms. The Bertz CT molecular complexity index is 484. The first-order valence-electron chi connectivity index (χ1n) is 4.19. The molecule has 0 saturated carbocycles. The molecular weight excluding hydrogens is 232 g/mol. The molecule has 0 aliphatic carbocycles. The molecule has 0 atom stereocenters. The van der Waals surface area contributed by atoms with E-state index in [4.69, 9.17) is 0 Å². The van der Waals surface area contributed by atoms with Crippen LogP contribution in [0.15, 0.2) is 22.8 Å². The van der Waals surface area contributed by atoms with Gasteiger partial charge in [-0.1, -0.05) is 11.8 Å². The fraction of sp³-hybridized carbons (Fsp3) is 0.222. The van der Waals surface area contributed by atoms with Gasteiger partial charge < -0.3 is 4.74 Å². The van der Waals surface area contributed by atoms with E-state index in [9.17, 15) is 4.79 Å². The maximum absolute atomic E-state index is 11.0. The summed E-state index contributed by atoms with van der Waals surface area (Å²) in [5, 5.41) is 3.78. The quantitative estimate of drug-likeness (QED) is 0.466. The van der Waals surface area contributed by atoms with Gasteiger partial charge in [0.1, 0.15) is 16.2 Å². The summed E-state index contributed by atoms with van der Waals surface area (Å²) in [5.41, 5.74) is 0. The number of fused-ring (bicyclic) bond motifs is 1. The molecule has 2 rings (SSSR count). The van der Waals surface area contributed by atoms with Gasteiger partial charge in [0.25, 0.3) is 0 Å². The number of ether oxygens (including phenoxy) is 1. The standard InChI is InChI=1S/C9H8N2O2S2/c1-13-7(12)4-15-9-6-2-3-14-8(6)10-5-11-9/h2-3,5H,4H2,1H3. The molecule has 15 heavy (non-hydrogen) atoms. The van der Waals surface area contributed by atoms with Gasteiger partial charge in [-0.25, -0.2) is 9.97 Å². The van der Waals surface area contributed by atoms with Crippen molar-refractivity contribution >= 4 is 39.3 Å². The summed E-state index contributed by atoms with van der Waals surface area (Å²) in [6.07, 6.45) is 1.51. The maximum Gasteiger partial charge on any atom is 0.316 e. The number of carbonyl (C=O) groups is 1. The molecule has 2 heterocycles. The fourth-order valence-corrected chi connectivity index (χ4v) is 2.68. The third-order valence-corrected chi connectivity index (χ3v) is 3.58. The number of thioether (sulfide) groups is 1. The van der Waals surface area contributed by atoms with E-state index >= 15 is 0 Å². The lowest BCUT2D eigenvalue weighted by Gasteiger charge is -2.00. The van der Waals surface area contributed by atoms with Gasteiger partial charge >= 0.3 is 5.97 Å². The van der Waals surface area contributed by atoms with Crippen LogP contribution < -0.4 is 0 Å². The molecule has 0 saturated heterocycles. The summed E-state index contributed by atoms with van der Waals surface area (Å²) < 4.78 is 4.56. The number of nitrogens with zero attached hydrogens (tertiary/aromatic N) is 2. The predicted octanol–water partition coefficient (Wildman–Crippen LogP) is 1.96. The first-order chi connectivity index (χ1) is 7.31. The van der Waals surface area contributed by atoms with Gasteiger partial charge in [0, 0.05) is 5.39 Å². The van der Waals surface area contributed by atoms with Crippen LogP contribution in [0, 0.1) is 0 Å². The molecule has 0 radical (unpaired) electrons. The van der Waals surface area contributed by atoms with Crippen molar-refractivity contribution in [2.75, 3.05) is 12.9 Å². The average Bonchev–Trinajstić information content (AvgIpc) is 2.74. The molecule has 4 nitrogen and oxygen atoms in total. The van der Waals surface area contributed by atoms with Gasteiger partial charge in [0.05, 0.1) is 12.9 Å². The minimum atomic E-state index is -0.248. The van der Waals surface area contributed by atoms with Crippen molar-refractivity contribution in [3.8, 4) is 0 Å². The topological polar surface area (TPSA) is 52.1 Å². The number of thiophene rings is 1. The van der Waals surface area contributed by atoms with Crippen molar-refractivity contribution in [3.05, 3.63) is 17.8 Å². The molecule has 0 aliphatic heterocycles. The average molecular weight is 240 g/mol. The third kappa shape index (κ3) is 2.27. The molecule has 0 aliphatic rings. The van der Waals surface area contributed by atoms with E-state index in [-0.39, 0.29) is 11.7 Å². The monoisotopic (exact) mass is 240 g/mol. The van der Waals surface area contributed by atoms with E-state index in [1.165, 1.54) is 25.2 Å². The Morgan fingerprint density at radius 1 is 1.60 bits per heavy atom. The predicted molar refractivity (Wildman–Crippen MR) is 60.2 cm³/mol. The highest BCUT2D eigenvalue weighted by atomic mass is 32.2. The number of esters is 1. The van der Waals surface area contributed by atoms with Crippen LogP contribution >= 0.6 is 23.1 Å². The van der Waals surface area contributed by atoms with Crippen LogP contribution in [-0.2, 0) is 9.53 Å². The van der Waals surface area contributed by atoms with E-state index in [2.05, 4.69) is 14.7 Å².